The van der Waals surface area contributed by atoms with Crippen LogP contribution in [0.25, 0.3) is 0 Å². The van der Waals surface area contributed by atoms with Gasteiger partial charge in [0.05, 0.1) is 12.6 Å². The number of nitrogens with one attached hydrogen (secondary N) is 1. The van der Waals surface area contributed by atoms with Crippen LogP contribution in [0.3, 0.4) is 0 Å². The van der Waals surface area contributed by atoms with Crippen LogP contribution in [0.1, 0.15) is 31.2 Å². The number of benzene rings is 1. The van der Waals surface area contributed by atoms with E-state index in [1.54, 1.807) is 7.05 Å². The molecule has 3 rings (SSSR count). The number of hydrogen-bond acceptors (Lipinski definition) is 3. The summed E-state index contributed by atoms with van der Waals surface area (Å²) in [7, 11) is 1.66. The highest BCUT2D eigenvalue weighted by Gasteiger charge is 2.36. The first-order valence-corrected chi connectivity index (χ1v) is 8.48. The molecule has 2 amide bonds. The van der Waals surface area contributed by atoms with Gasteiger partial charge < -0.3 is 10.2 Å². The fourth-order valence-corrected chi connectivity index (χ4v) is 3.33. The summed E-state index contributed by atoms with van der Waals surface area (Å²) in [6.07, 6.45) is 4.01. The molecule has 2 aliphatic rings. The molecule has 5 heteroatoms. The van der Waals surface area contributed by atoms with Gasteiger partial charge in [-0.05, 0) is 37.8 Å². The Morgan fingerprint density at radius 1 is 1.22 bits per heavy atom. The first-order chi connectivity index (χ1) is 11.2. The third-order valence-corrected chi connectivity index (χ3v) is 4.75. The molecule has 1 aromatic carbocycles. The van der Waals surface area contributed by atoms with E-state index < -0.39 is 0 Å². The zero-order valence-corrected chi connectivity index (χ0v) is 13.7. The van der Waals surface area contributed by atoms with Gasteiger partial charge in [0.1, 0.15) is 0 Å². The molecule has 1 aliphatic carbocycles. The second-order valence-corrected chi connectivity index (χ2v) is 6.48. The van der Waals surface area contributed by atoms with Crippen LogP contribution in [0.5, 0.6) is 0 Å². The standard InChI is InChI=1S/C18H25N3O2/c1-19-18(23)16-8-5-11-20(16)13-17(22)21(15-9-10-15)12-14-6-3-2-4-7-14/h2-4,6-7,15-16H,5,8-13H2,1H3,(H,19,23). The molecule has 0 bridgehead atoms. The Morgan fingerprint density at radius 3 is 2.61 bits per heavy atom. The van der Waals surface area contributed by atoms with Gasteiger partial charge in [0.25, 0.3) is 0 Å². The van der Waals surface area contributed by atoms with Crippen LogP contribution in [0.15, 0.2) is 30.3 Å². The number of carbonyl (C=O) groups excluding carboxylic acids is 2. The molecular formula is C18H25N3O2. The van der Waals surface area contributed by atoms with Gasteiger partial charge in [-0.2, -0.15) is 0 Å². The van der Waals surface area contributed by atoms with Crippen LogP contribution < -0.4 is 5.32 Å². The molecule has 1 saturated carbocycles. The van der Waals surface area contributed by atoms with Crippen molar-refractivity contribution in [2.75, 3.05) is 20.1 Å². The number of likely N-dealkylation sites (tertiary alicyclic amines) is 1. The maximum absolute atomic E-state index is 12.8. The smallest absolute Gasteiger partial charge is 0.237 e. The van der Waals surface area contributed by atoms with E-state index in [1.807, 2.05) is 28.0 Å². The maximum Gasteiger partial charge on any atom is 0.237 e. The Kier molecular flexibility index (Phi) is 4.96. The van der Waals surface area contributed by atoms with Crippen molar-refractivity contribution in [3.63, 3.8) is 0 Å². The second-order valence-electron chi connectivity index (χ2n) is 6.48. The van der Waals surface area contributed by atoms with E-state index in [4.69, 9.17) is 0 Å². The summed E-state index contributed by atoms with van der Waals surface area (Å²) in [4.78, 5) is 28.8. The van der Waals surface area contributed by atoms with Crippen molar-refractivity contribution in [1.29, 1.82) is 0 Å². The zero-order chi connectivity index (χ0) is 16.2. The Hall–Kier alpha value is -1.88. The molecule has 0 spiro atoms. The lowest BCUT2D eigenvalue weighted by Crippen LogP contribution is -2.47. The van der Waals surface area contributed by atoms with Crippen molar-refractivity contribution < 1.29 is 9.59 Å². The van der Waals surface area contributed by atoms with Crippen molar-refractivity contribution in [2.24, 2.45) is 0 Å². The van der Waals surface area contributed by atoms with E-state index in [1.165, 1.54) is 0 Å². The molecule has 1 unspecified atom stereocenters. The molecule has 5 nitrogen and oxygen atoms in total. The number of hydrogen-bond donors (Lipinski definition) is 1. The first kappa shape index (κ1) is 16.0. The summed E-state index contributed by atoms with van der Waals surface area (Å²) >= 11 is 0. The molecule has 1 aromatic rings. The minimum Gasteiger partial charge on any atom is -0.358 e. The largest absolute Gasteiger partial charge is 0.358 e. The van der Waals surface area contributed by atoms with Crippen molar-refractivity contribution in [2.45, 2.75) is 44.3 Å². The highest BCUT2D eigenvalue weighted by molar-refractivity contribution is 5.84. The Balaban J connectivity index is 1.64. The van der Waals surface area contributed by atoms with Gasteiger partial charge in [-0.3, -0.25) is 14.5 Å². The molecule has 0 aromatic heterocycles. The van der Waals surface area contributed by atoms with Crippen LogP contribution in [-0.2, 0) is 16.1 Å². The average molecular weight is 315 g/mol. The molecular weight excluding hydrogens is 290 g/mol. The Labute approximate surface area is 137 Å². The maximum atomic E-state index is 12.8. The molecule has 124 valence electrons. The topological polar surface area (TPSA) is 52.7 Å². The van der Waals surface area contributed by atoms with E-state index >= 15 is 0 Å². The molecule has 0 radical (unpaired) electrons. The highest BCUT2D eigenvalue weighted by Crippen LogP contribution is 2.29. The highest BCUT2D eigenvalue weighted by atomic mass is 16.2. The molecule has 1 atom stereocenters. The molecule has 1 saturated heterocycles. The fourth-order valence-electron chi connectivity index (χ4n) is 3.33. The predicted molar refractivity (Wildman–Crippen MR) is 88.7 cm³/mol. The summed E-state index contributed by atoms with van der Waals surface area (Å²) < 4.78 is 0. The predicted octanol–water partition coefficient (Wildman–Crippen LogP) is 1.39. The van der Waals surface area contributed by atoms with Gasteiger partial charge in [-0.15, -0.1) is 0 Å². The summed E-state index contributed by atoms with van der Waals surface area (Å²) in [6, 6.07) is 10.4. The van der Waals surface area contributed by atoms with Gasteiger partial charge in [-0.1, -0.05) is 30.3 Å². The van der Waals surface area contributed by atoms with Crippen LogP contribution in [-0.4, -0.2) is 53.8 Å². The summed E-state index contributed by atoms with van der Waals surface area (Å²) in [5.74, 6) is 0.170. The second kappa shape index (κ2) is 7.13. The van der Waals surface area contributed by atoms with Gasteiger partial charge >= 0.3 is 0 Å². The van der Waals surface area contributed by atoms with Crippen molar-refractivity contribution in [1.82, 2.24) is 15.1 Å². The monoisotopic (exact) mass is 315 g/mol. The average Bonchev–Trinajstić information content (AvgIpc) is 3.31. The SMILES string of the molecule is CNC(=O)C1CCCN1CC(=O)N(Cc1ccccc1)C1CC1. The Morgan fingerprint density at radius 2 is 1.96 bits per heavy atom. The number of rotatable bonds is 6. The number of nitrogens with zero attached hydrogens (tertiary/aromatic N) is 2. The molecule has 1 aliphatic heterocycles. The molecule has 2 fully saturated rings. The minimum atomic E-state index is -0.151. The first-order valence-electron chi connectivity index (χ1n) is 8.48. The third-order valence-electron chi connectivity index (χ3n) is 4.75. The van der Waals surface area contributed by atoms with E-state index in [-0.39, 0.29) is 17.9 Å². The molecule has 1 heterocycles. The van der Waals surface area contributed by atoms with Gasteiger partial charge in [0.15, 0.2) is 0 Å². The minimum absolute atomic E-state index is 0.0244. The normalized spacial score (nSPS) is 21.2. The van der Waals surface area contributed by atoms with Crippen molar-refractivity contribution >= 4 is 11.8 Å². The van der Waals surface area contributed by atoms with Crippen molar-refractivity contribution in [3.05, 3.63) is 35.9 Å². The quantitative estimate of drug-likeness (QED) is 0.863. The van der Waals surface area contributed by atoms with Crippen molar-refractivity contribution in [3.8, 4) is 0 Å². The summed E-state index contributed by atoms with van der Waals surface area (Å²) in [6.45, 7) is 1.85. The zero-order valence-electron chi connectivity index (χ0n) is 13.7. The van der Waals surface area contributed by atoms with Gasteiger partial charge in [-0.25, -0.2) is 0 Å². The van der Waals surface area contributed by atoms with Crippen LogP contribution in [0.4, 0.5) is 0 Å². The lowest BCUT2D eigenvalue weighted by atomic mass is 10.2. The van der Waals surface area contributed by atoms with E-state index in [9.17, 15) is 9.59 Å². The van der Waals surface area contributed by atoms with Gasteiger partial charge in [0.2, 0.25) is 11.8 Å². The number of carbonyl (C=O) groups is 2. The number of amides is 2. The fraction of sp³-hybridized carbons (Fsp3) is 0.556. The van der Waals surface area contributed by atoms with E-state index in [0.717, 1.165) is 37.8 Å². The van der Waals surface area contributed by atoms with Crippen LogP contribution in [0.2, 0.25) is 0 Å². The molecule has 23 heavy (non-hydrogen) atoms. The van der Waals surface area contributed by atoms with Crippen LogP contribution in [0, 0.1) is 0 Å². The van der Waals surface area contributed by atoms with E-state index in [2.05, 4.69) is 17.4 Å². The third kappa shape index (κ3) is 3.91. The lowest BCUT2D eigenvalue weighted by Gasteiger charge is -2.28. The van der Waals surface area contributed by atoms with E-state index in [0.29, 0.717) is 19.1 Å². The van der Waals surface area contributed by atoms with Crippen LogP contribution >= 0.6 is 0 Å². The van der Waals surface area contributed by atoms with Gasteiger partial charge in [0, 0.05) is 19.6 Å². The lowest BCUT2D eigenvalue weighted by molar-refractivity contribution is -0.135. The molecule has 1 N–H and O–H groups in total. The Bertz CT molecular complexity index is 557. The summed E-state index contributed by atoms with van der Waals surface area (Å²) in [5, 5.41) is 2.71. The summed E-state index contributed by atoms with van der Waals surface area (Å²) in [5.41, 5.74) is 1.16. The number of likely N-dealkylation sites (N-methyl/N-ethyl adjacent to an activating group) is 1.